The summed E-state index contributed by atoms with van der Waals surface area (Å²) in [5.74, 6) is -1.52. The highest BCUT2D eigenvalue weighted by molar-refractivity contribution is 7.91. The van der Waals surface area contributed by atoms with Gasteiger partial charge in [0, 0.05) is 19.1 Å². The third kappa shape index (κ3) is 5.55. The minimum Gasteiger partial charge on any atom is -0.452 e. The first-order valence-electron chi connectivity index (χ1n) is 9.44. The SMILES string of the molecule is O=C(COC(=O)c1cccc(S(=O)(=O)N2CCCCC2)c1)NC1CCS(=O)(=O)C1. The van der Waals surface area contributed by atoms with Crippen LogP contribution in [0.25, 0.3) is 0 Å². The van der Waals surface area contributed by atoms with Gasteiger partial charge < -0.3 is 10.1 Å². The van der Waals surface area contributed by atoms with E-state index in [-0.39, 0.29) is 22.0 Å². The number of sulfone groups is 1. The van der Waals surface area contributed by atoms with E-state index in [4.69, 9.17) is 4.74 Å². The number of carbonyl (C=O) groups excluding carboxylic acids is 2. The third-order valence-corrected chi connectivity index (χ3v) is 8.62. The summed E-state index contributed by atoms with van der Waals surface area (Å²) in [6.07, 6.45) is 2.93. The van der Waals surface area contributed by atoms with Crippen molar-refractivity contribution in [3.8, 4) is 0 Å². The fraction of sp³-hybridized carbons (Fsp3) is 0.556. The molecule has 0 bridgehead atoms. The molecule has 2 fully saturated rings. The van der Waals surface area contributed by atoms with Crippen molar-refractivity contribution in [3.63, 3.8) is 0 Å². The molecule has 1 aromatic rings. The van der Waals surface area contributed by atoms with E-state index in [0.29, 0.717) is 19.5 Å². The van der Waals surface area contributed by atoms with Crippen LogP contribution in [0.15, 0.2) is 29.2 Å². The molecule has 1 unspecified atom stereocenters. The first kappa shape index (κ1) is 21.7. The van der Waals surface area contributed by atoms with Crippen molar-refractivity contribution in [1.29, 1.82) is 0 Å². The minimum absolute atomic E-state index is 0.00876. The Labute approximate surface area is 170 Å². The summed E-state index contributed by atoms with van der Waals surface area (Å²) in [6.45, 7) is 0.334. The normalized spacial score (nSPS) is 22.1. The predicted molar refractivity (Wildman–Crippen MR) is 105 cm³/mol. The first-order valence-corrected chi connectivity index (χ1v) is 12.7. The van der Waals surface area contributed by atoms with E-state index in [0.717, 1.165) is 19.3 Å². The smallest absolute Gasteiger partial charge is 0.338 e. The van der Waals surface area contributed by atoms with Crippen molar-refractivity contribution in [2.45, 2.75) is 36.6 Å². The van der Waals surface area contributed by atoms with Gasteiger partial charge in [-0.05, 0) is 37.5 Å². The highest BCUT2D eigenvalue weighted by Crippen LogP contribution is 2.21. The molecule has 1 N–H and O–H groups in total. The Balaban J connectivity index is 1.58. The molecule has 0 aromatic heterocycles. The van der Waals surface area contributed by atoms with Gasteiger partial charge in [-0.3, -0.25) is 4.79 Å². The van der Waals surface area contributed by atoms with Crippen LogP contribution in [-0.2, 0) is 29.4 Å². The van der Waals surface area contributed by atoms with Crippen LogP contribution in [0.4, 0.5) is 0 Å². The quantitative estimate of drug-likeness (QED) is 0.626. The molecule has 1 aromatic carbocycles. The molecule has 3 rings (SSSR count). The molecule has 0 radical (unpaired) electrons. The molecule has 9 nitrogen and oxygen atoms in total. The Morgan fingerprint density at radius 2 is 1.90 bits per heavy atom. The minimum atomic E-state index is -3.69. The van der Waals surface area contributed by atoms with E-state index in [2.05, 4.69) is 5.32 Å². The van der Waals surface area contributed by atoms with Gasteiger partial charge in [-0.2, -0.15) is 4.31 Å². The molecule has 2 aliphatic rings. The highest BCUT2D eigenvalue weighted by atomic mass is 32.2. The maximum Gasteiger partial charge on any atom is 0.338 e. The van der Waals surface area contributed by atoms with Gasteiger partial charge in [0.15, 0.2) is 16.4 Å². The van der Waals surface area contributed by atoms with Gasteiger partial charge in [-0.25, -0.2) is 21.6 Å². The lowest BCUT2D eigenvalue weighted by atomic mass is 10.2. The number of piperidine rings is 1. The van der Waals surface area contributed by atoms with Crippen LogP contribution in [0.2, 0.25) is 0 Å². The molecule has 0 saturated carbocycles. The number of hydrogen-bond acceptors (Lipinski definition) is 7. The zero-order valence-electron chi connectivity index (χ0n) is 15.9. The lowest BCUT2D eigenvalue weighted by Gasteiger charge is -2.25. The number of nitrogens with one attached hydrogen (secondary N) is 1. The highest BCUT2D eigenvalue weighted by Gasteiger charge is 2.29. The standard InChI is InChI=1S/C18H24N2O7S2/c21-17(19-15-7-10-28(23,24)13-15)12-27-18(22)14-5-4-6-16(11-14)29(25,26)20-8-2-1-3-9-20/h4-6,11,15H,1-3,7-10,12-13H2,(H,19,21). The number of esters is 1. The second-order valence-corrected chi connectivity index (χ2v) is 11.4. The molecule has 2 aliphatic heterocycles. The van der Waals surface area contributed by atoms with Crippen LogP contribution in [0.5, 0.6) is 0 Å². The second-order valence-electron chi connectivity index (χ2n) is 7.24. The van der Waals surface area contributed by atoms with Crippen molar-refractivity contribution in [3.05, 3.63) is 29.8 Å². The molecule has 0 spiro atoms. The van der Waals surface area contributed by atoms with Gasteiger partial charge in [-0.1, -0.05) is 12.5 Å². The van der Waals surface area contributed by atoms with Gasteiger partial charge in [0.2, 0.25) is 10.0 Å². The molecule has 1 amide bonds. The largest absolute Gasteiger partial charge is 0.452 e. The number of sulfonamides is 1. The van der Waals surface area contributed by atoms with Crippen molar-refractivity contribution in [2.75, 3.05) is 31.2 Å². The predicted octanol–water partition coefficient (Wildman–Crippen LogP) is 0.321. The van der Waals surface area contributed by atoms with Crippen molar-refractivity contribution in [1.82, 2.24) is 9.62 Å². The van der Waals surface area contributed by atoms with Gasteiger partial charge in [0.25, 0.3) is 5.91 Å². The van der Waals surface area contributed by atoms with Crippen LogP contribution in [-0.4, -0.2) is 70.3 Å². The van der Waals surface area contributed by atoms with E-state index < -0.39 is 44.4 Å². The molecule has 2 heterocycles. The molecule has 1 atom stereocenters. The molecule has 2 saturated heterocycles. The van der Waals surface area contributed by atoms with Gasteiger partial charge in [-0.15, -0.1) is 0 Å². The van der Waals surface area contributed by atoms with Crippen molar-refractivity contribution < 1.29 is 31.2 Å². The Bertz CT molecular complexity index is 983. The summed E-state index contributed by atoms with van der Waals surface area (Å²) in [6, 6.07) is 5.06. The fourth-order valence-electron chi connectivity index (χ4n) is 3.43. The Morgan fingerprint density at radius 1 is 1.17 bits per heavy atom. The summed E-state index contributed by atoms with van der Waals surface area (Å²) in [5.41, 5.74) is 0.0272. The van der Waals surface area contributed by atoms with Crippen molar-refractivity contribution in [2.24, 2.45) is 0 Å². The number of ether oxygens (including phenoxy) is 1. The third-order valence-electron chi connectivity index (χ3n) is 4.95. The number of amides is 1. The zero-order chi connectivity index (χ0) is 21.1. The van der Waals surface area contributed by atoms with Gasteiger partial charge >= 0.3 is 5.97 Å². The maximum absolute atomic E-state index is 12.7. The van der Waals surface area contributed by atoms with Gasteiger partial charge in [0.1, 0.15) is 0 Å². The molecule has 11 heteroatoms. The topological polar surface area (TPSA) is 127 Å². The summed E-state index contributed by atoms with van der Waals surface area (Å²) < 4.78 is 54.7. The van der Waals surface area contributed by atoms with E-state index >= 15 is 0 Å². The van der Waals surface area contributed by atoms with E-state index in [1.54, 1.807) is 0 Å². The number of benzene rings is 1. The second kappa shape index (κ2) is 8.80. The molecular formula is C18H24N2O7S2. The number of rotatable bonds is 6. The van der Waals surface area contributed by atoms with Gasteiger partial charge in [0.05, 0.1) is 22.0 Å². The lowest BCUT2D eigenvalue weighted by Crippen LogP contribution is -2.38. The fourth-order valence-corrected chi connectivity index (χ4v) is 6.67. The Hall–Kier alpha value is -1.98. The number of carbonyl (C=O) groups is 2. The van der Waals surface area contributed by atoms with Crippen LogP contribution >= 0.6 is 0 Å². The average molecular weight is 445 g/mol. The summed E-state index contributed by atoms with van der Waals surface area (Å²) in [7, 11) is -6.81. The van der Waals surface area contributed by atoms with E-state index in [9.17, 15) is 26.4 Å². The van der Waals surface area contributed by atoms with E-state index in [1.165, 1.54) is 28.6 Å². The summed E-state index contributed by atoms with van der Waals surface area (Å²) in [4.78, 5) is 24.1. The van der Waals surface area contributed by atoms with Crippen LogP contribution in [0.1, 0.15) is 36.0 Å². The van der Waals surface area contributed by atoms with E-state index in [1.807, 2.05) is 0 Å². The number of nitrogens with zero attached hydrogens (tertiary/aromatic N) is 1. The molecule has 0 aliphatic carbocycles. The molecule has 160 valence electrons. The summed E-state index contributed by atoms with van der Waals surface area (Å²) in [5, 5.41) is 2.52. The van der Waals surface area contributed by atoms with Crippen LogP contribution in [0.3, 0.4) is 0 Å². The maximum atomic E-state index is 12.7. The Morgan fingerprint density at radius 3 is 2.55 bits per heavy atom. The molecular weight excluding hydrogens is 420 g/mol. The van der Waals surface area contributed by atoms with Crippen LogP contribution < -0.4 is 5.32 Å². The Kier molecular flexibility index (Phi) is 6.59. The summed E-state index contributed by atoms with van der Waals surface area (Å²) >= 11 is 0. The molecule has 29 heavy (non-hydrogen) atoms. The average Bonchev–Trinajstić information content (AvgIpc) is 3.05. The van der Waals surface area contributed by atoms with Crippen LogP contribution in [0, 0.1) is 0 Å². The zero-order valence-corrected chi connectivity index (χ0v) is 17.5. The lowest BCUT2D eigenvalue weighted by molar-refractivity contribution is -0.124. The monoisotopic (exact) mass is 444 g/mol. The first-order chi connectivity index (χ1) is 13.7. The van der Waals surface area contributed by atoms with Crippen molar-refractivity contribution >= 4 is 31.7 Å². The number of hydrogen-bond donors (Lipinski definition) is 1.